The Morgan fingerprint density at radius 2 is 2.04 bits per heavy atom. The Balaban J connectivity index is 1.51. The molecule has 1 aromatic carbocycles. The van der Waals surface area contributed by atoms with Crippen molar-refractivity contribution in [3.8, 4) is 5.75 Å². The van der Waals surface area contributed by atoms with Crippen molar-refractivity contribution in [2.75, 3.05) is 31.7 Å². The number of para-hydroxylation sites is 1. The van der Waals surface area contributed by atoms with Gasteiger partial charge in [0, 0.05) is 19.3 Å². The highest BCUT2D eigenvalue weighted by molar-refractivity contribution is 7.90. The maximum absolute atomic E-state index is 12.5. The number of urea groups is 1. The minimum atomic E-state index is -2.95. The summed E-state index contributed by atoms with van der Waals surface area (Å²) < 4.78 is 28.6. The van der Waals surface area contributed by atoms with E-state index in [2.05, 4.69) is 5.32 Å². The number of amides is 2. The predicted molar refractivity (Wildman–Crippen MR) is 96.7 cm³/mol. The molecule has 1 aromatic rings. The molecule has 2 heterocycles. The smallest absolute Gasteiger partial charge is 0.317 e. The van der Waals surface area contributed by atoms with E-state index in [1.54, 1.807) is 4.90 Å². The molecule has 0 bridgehead atoms. The number of fused-ring (bicyclic) bond motifs is 1. The second-order valence-electron chi connectivity index (χ2n) is 7.25. The lowest BCUT2D eigenvalue weighted by Gasteiger charge is -2.34. The molecule has 25 heavy (non-hydrogen) atoms. The largest absolute Gasteiger partial charge is 0.491 e. The predicted octanol–water partition coefficient (Wildman–Crippen LogP) is 1.76. The molecule has 0 saturated carbocycles. The molecule has 1 fully saturated rings. The van der Waals surface area contributed by atoms with Crippen molar-refractivity contribution < 1.29 is 17.9 Å². The fraction of sp³-hybridized carbons (Fsp3) is 0.611. The SMILES string of the molecule is Cc1cccc2c1OC[C@@H](NC(=O)N1CCC(CS(C)(=O)=O)CC1)C2. The van der Waals surface area contributed by atoms with Gasteiger partial charge in [0.25, 0.3) is 0 Å². The molecule has 0 aliphatic carbocycles. The molecule has 7 heteroatoms. The first-order valence-corrected chi connectivity index (χ1v) is 10.8. The van der Waals surface area contributed by atoms with Crippen LogP contribution in [0.15, 0.2) is 18.2 Å². The van der Waals surface area contributed by atoms with E-state index in [0.29, 0.717) is 19.7 Å². The summed E-state index contributed by atoms with van der Waals surface area (Å²) in [5.74, 6) is 1.32. The highest BCUT2D eigenvalue weighted by Crippen LogP contribution is 2.28. The summed E-state index contributed by atoms with van der Waals surface area (Å²) >= 11 is 0. The standard InChI is InChI=1S/C18H26N2O4S/c1-13-4-3-5-15-10-16(11-24-17(13)15)19-18(21)20-8-6-14(7-9-20)12-25(2,22)23/h3-5,14,16H,6-12H2,1-2H3,(H,19,21)/t16-/m0/s1. The number of hydrogen-bond donors (Lipinski definition) is 1. The van der Waals surface area contributed by atoms with E-state index in [1.165, 1.54) is 6.26 Å². The molecule has 1 atom stereocenters. The molecular formula is C18H26N2O4S. The number of nitrogens with zero attached hydrogens (tertiary/aromatic N) is 1. The number of aryl methyl sites for hydroxylation is 1. The normalized spacial score (nSPS) is 21.4. The van der Waals surface area contributed by atoms with Gasteiger partial charge in [-0.2, -0.15) is 0 Å². The molecule has 6 nitrogen and oxygen atoms in total. The minimum Gasteiger partial charge on any atom is -0.491 e. The number of carbonyl (C=O) groups is 1. The Morgan fingerprint density at radius 1 is 1.32 bits per heavy atom. The summed E-state index contributed by atoms with van der Waals surface area (Å²) in [5.41, 5.74) is 2.25. The van der Waals surface area contributed by atoms with Crippen LogP contribution in [0.3, 0.4) is 0 Å². The molecule has 1 N–H and O–H groups in total. The average Bonchev–Trinajstić information content (AvgIpc) is 2.54. The van der Waals surface area contributed by atoms with Crippen molar-refractivity contribution >= 4 is 15.9 Å². The van der Waals surface area contributed by atoms with Crippen LogP contribution >= 0.6 is 0 Å². The number of carbonyl (C=O) groups excluding carboxylic acids is 1. The maximum atomic E-state index is 12.5. The Morgan fingerprint density at radius 3 is 2.72 bits per heavy atom. The number of ether oxygens (including phenoxy) is 1. The Labute approximate surface area is 149 Å². The second-order valence-corrected chi connectivity index (χ2v) is 9.43. The van der Waals surface area contributed by atoms with Gasteiger partial charge in [0.15, 0.2) is 0 Å². The molecule has 1 saturated heterocycles. The quantitative estimate of drug-likeness (QED) is 0.884. The van der Waals surface area contributed by atoms with Crippen molar-refractivity contribution in [1.29, 1.82) is 0 Å². The van der Waals surface area contributed by atoms with E-state index in [-0.39, 0.29) is 23.7 Å². The first kappa shape index (κ1) is 18.0. The van der Waals surface area contributed by atoms with Gasteiger partial charge in [0.1, 0.15) is 22.2 Å². The van der Waals surface area contributed by atoms with Gasteiger partial charge in [-0.15, -0.1) is 0 Å². The zero-order valence-electron chi connectivity index (χ0n) is 14.8. The molecule has 0 aromatic heterocycles. The molecule has 2 aliphatic heterocycles. The molecule has 0 radical (unpaired) electrons. The number of hydrogen-bond acceptors (Lipinski definition) is 4. The summed E-state index contributed by atoms with van der Waals surface area (Å²) in [6.45, 7) is 3.72. The fourth-order valence-electron chi connectivity index (χ4n) is 3.68. The summed E-state index contributed by atoms with van der Waals surface area (Å²) in [6.07, 6.45) is 3.52. The van der Waals surface area contributed by atoms with Gasteiger partial charge in [-0.1, -0.05) is 18.2 Å². The van der Waals surface area contributed by atoms with Crippen LogP contribution in [0, 0.1) is 12.8 Å². The van der Waals surface area contributed by atoms with Gasteiger partial charge in [-0.3, -0.25) is 0 Å². The number of benzene rings is 1. The maximum Gasteiger partial charge on any atom is 0.317 e. The second kappa shape index (κ2) is 7.23. The number of sulfone groups is 1. The van der Waals surface area contributed by atoms with E-state index in [1.807, 2.05) is 25.1 Å². The van der Waals surface area contributed by atoms with Crippen LogP contribution in [0.25, 0.3) is 0 Å². The number of rotatable bonds is 3. The van der Waals surface area contributed by atoms with Crippen molar-refractivity contribution in [3.05, 3.63) is 29.3 Å². The van der Waals surface area contributed by atoms with Crippen LogP contribution in [0.2, 0.25) is 0 Å². The highest BCUT2D eigenvalue weighted by Gasteiger charge is 2.28. The fourth-order valence-corrected chi connectivity index (χ4v) is 4.87. The van der Waals surface area contributed by atoms with Gasteiger partial charge in [-0.25, -0.2) is 13.2 Å². The zero-order chi connectivity index (χ0) is 18.0. The zero-order valence-corrected chi connectivity index (χ0v) is 15.6. The van der Waals surface area contributed by atoms with Gasteiger partial charge in [0.05, 0.1) is 11.8 Å². The van der Waals surface area contributed by atoms with Gasteiger partial charge < -0.3 is 15.0 Å². The number of nitrogens with one attached hydrogen (secondary N) is 1. The van der Waals surface area contributed by atoms with Gasteiger partial charge >= 0.3 is 6.03 Å². The summed E-state index contributed by atoms with van der Waals surface area (Å²) in [4.78, 5) is 14.3. The summed E-state index contributed by atoms with van der Waals surface area (Å²) in [6, 6.07) is 5.96. The van der Waals surface area contributed by atoms with E-state index in [0.717, 1.165) is 36.1 Å². The van der Waals surface area contributed by atoms with Crippen molar-refractivity contribution in [2.24, 2.45) is 5.92 Å². The lowest BCUT2D eigenvalue weighted by Crippen LogP contribution is -2.51. The van der Waals surface area contributed by atoms with Crippen LogP contribution in [0.1, 0.15) is 24.0 Å². The van der Waals surface area contributed by atoms with Crippen LogP contribution in [-0.2, 0) is 16.3 Å². The molecule has 2 amide bonds. The molecule has 0 spiro atoms. The molecule has 138 valence electrons. The molecular weight excluding hydrogens is 340 g/mol. The van der Waals surface area contributed by atoms with Crippen LogP contribution in [0.5, 0.6) is 5.75 Å². The van der Waals surface area contributed by atoms with Crippen molar-refractivity contribution in [1.82, 2.24) is 10.2 Å². The first-order chi connectivity index (χ1) is 11.8. The Kier molecular flexibility index (Phi) is 5.22. The van der Waals surface area contributed by atoms with Crippen molar-refractivity contribution in [3.63, 3.8) is 0 Å². The Bertz CT molecular complexity index is 739. The van der Waals surface area contributed by atoms with Gasteiger partial charge in [0.2, 0.25) is 0 Å². The lowest BCUT2D eigenvalue weighted by atomic mass is 9.99. The number of likely N-dealkylation sites (tertiary alicyclic amines) is 1. The van der Waals surface area contributed by atoms with Crippen LogP contribution < -0.4 is 10.1 Å². The minimum absolute atomic E-state index is 0.0319. The van der Waals surface area contributed by atoms with Crippen molar-refractivity contribution in [2.45, 2.75) is 32.2 Å². The number of piperidine rings is 1. The van der Waals surface area contributed by atoms with Crippen LogP contribution in [-0.4, -0.2) is 57.1 Å². The summed E-state index contributed by atoms with van der Waals surface area (Å²) in [7, 11) is -2.95. The van der Waals surface area contributed by atoms with E-state index in [9.17, 15) is 13.2 Å². The monoisotopic (exact) mass is 366 g/mol. The van der Waals surface area contributed by atoms with E-state index < -0.39 is 9.84 Å². The Hall–Kier alpha value is -1.76. The lowest BCUT2D eigenvalue weighted by molar-refractivity contribution is 0.162. The topological polar surface area (TPSA) is 75.7 Å². The molecule has 0 unspecified atom stereocenters. The molecule has 2 aliphatic rings. The third kappa shape index (κ3) is 4.66. The van der Waals surface area contributed by atoms with Gasteiger partial charge in [-0.05, 0) is 43.2 Å². The van der Waals surface area contributed by atoms with Crippen LogP contribution in [0.4, 0.5) is 4.79 Å². The van der Waals surface area contributed by atoms with E-state index in [4.69, 9.17) is 4.74 Å². The molecule has 3 rings (SSSR count). The average molecular weight is 366 g/mol. The highest BCUT2D eigenvalue weighted by atomic mass is 32.2. The third-order valence-electron chi connectivity index (χ3n) is 4.96. The summed E-state index contributed by atoms with van der Waals surface area (Å²) in [5, 5.41) is 3.06. The first-order valence-electron chi connectivity index (χ1n) is 8.76. The third-order valence-corrected chi connectivity index (χ3v) is 6.03. The van der Waals surface area contributed by atoms with E-state index >= 15 is 0 Å².